The Kier molecular flexibility index (Phi) is 6.48. The van der Waals surface area contributed by atoms with E-state index in [1.165, 1.54) is 7.11 Å². The highest BCUT2D eigenvalue weighted by atomic mass is 16.6. The van der Waals surface area contributed by atoms with E-state index in [0.29, 0.717) is 6.61 Å². The van der Waals surface area contributed by atoms with Gasteiger partial charge in [-0.3, -0.25) is 0 Å². The average molecular weight is 191 g/mol. The zero-order valence-corrected chi connectivity index (χ0v) is 8.03. The van der Waals surface area contributed by atoms with E-state index in [1.54, 1.807) is 6.92 Å². The normalized spacial score (nSPS) is 15.1. The molecule has 5 heteroatoms. The fourth-order valence-corrected chi connectivity index (χ4v) is 0.821. The molecule has 0 aliphatic heterocycles. The Labute approximate surface area is 77.8 Å². The number of nitrogens with two attached hydrogens (primary N) is 1. The van der Waals surface area contributed by atoms with Crippen molar-refractivity contribution in [3.05, 3.63) is 0 Å². The predicted octanol–water partition coefficient (Wildman–Crippen LogP) is -0.726. The van der Waals surface area contributed by atoms with Crippen molar-refractivity contribution in [1.29, 1.82) is 0 Å². The molecule has 0 fully saturated rings. The van der Waals surface area contributed by atoms with E-state index in [-0.39, 0.29) is 19.1 Å². The second-order valence-corrected chi connectivity index (χ2v) is 2.80. The summed E-state index contributed by atoms with van der Waals surface area (Å²) in [6.45, 7) is 2.27. The highest BCUT2D eigenvalue weighted by Crippen LogP contribution is 1.98. The molecule has 0 aliphatic carbocycles. The zero-order valence-electron chi connectivity index (χ0n) is 8.03. The van der Waals surface area contributed by atoms with E-state index >= 15 is 0 Å². The molecular weight excluding hydrogens is 174 g/mol. The summed E-state index contributed by atoms with van der Waals surface area (Å²) < 4.78 is 9.60. The predicted molar refractivity (Wildman–Crippen MR) is 47.1 cm³/mol. The quantitative estimate of drug-likeness (QED) is 0.541. The molecule has 0 aromatic carbocycles. The Hall–Kier alpha value is -0.650. The summed E-state index contributed by atoms with van der Waals surface area (Å²) in [5.41, 5.74) is 5.16. The number of ether oxygens (including phenoxy) is 2. The van der Waals surface area contributed by atoms with Crippen LogP contribution in [-0.2, 0) is 14.3 Å². The van der Waals surface area contributed by atoms with Crippen LogP contribution in [0.1, 0.15) is 13.3 Å². The number of carbonyl (C=O) groups excluding carboxylic acids is 1. The summed E-state index contributed by atoms with van der Waals surface area (Å²) in [6, 6.07) is 0. The third-order valence-electron chi connectivity index (χ3n) is 1.43. The van der Waals surface area contributed by atoms with Crippen LogP contribution in [0.5, 0.6) is 0 Å². The van der Waals surface area contributed by atoms with E-state index in [0.717, 1.165) is 0 Å². The molecule has 2 atom stereocenters. The lowest BCUT2D eigenvalue weighted by Crippen LogP contribution is -2.30. The van der Waals surface area contributed by atoms with Crippen molar-refractivity contribution in [2.75, 3.05) is 20.3 Å². The standard InChI is InChI=1S/C8H17NO4/c1-6(5-12-2)13-8(11)7(10)3-4-9/h6-7,10H,3-5,9H2,1-2H3/t6?,7-/m0/s1. The van der Waals surface area contributed by atoms with Gasteiger partial charge in [0.25, 0.3) is 0 Å². The Morgan fingerprint density at radius 2 is 2.23 bits per heavy atom. The highest BCUT2D eigenvalue weighted by molar-refractivity contribution is 5.74. The molecule has 0 saturated carbocycles. The molecule has 0 radical (unpaired) electrons. The van der Waals surface area contributed by atoms with Crippen LogP contribution in [0, 0.1) is 0 Å². The topological polar surface area (TPSA) is 81.8 Å². The molecule has 0 aromatic heterocycles. The van der Waals surface area contributed by atoms with Gasteiger partial charge in [-0.25, -0.2) is 4.79 Å². The second-order valence-electron chi connectivity index (χ2n) is 2.80. The maximum atomic E-state index is 11.0. The summed E-state index contributed by atoms with van der Waals surface area (Å²) in [4.78, 5) is 11.0. The van der Waals surface area contributed by atoms with E-state index < -0.39 is 12.1 Å². The third-order valence-corrected chi connectivity index (χ3v) is 1.43. The first-order valence-electron chi connectivity index (χ1n) is 4.19. The number of aliphatic hydroxyl groups is 1. The molecule has 0 heterocycles. The summed E-state index contributed by atoms with van der Waals surface area (Å²) in [7, 11) is 1.51. The molecular formula is C8H17NO4. The number of hydrogen-bond acceptors (Lipinski definition) is 5. The van der Waals surface area contributed by atoms with Crippen molar-refractivity contribution >= 4 is 5.97 Å². The van der Waals surface area contributed by atoms with Gasteiger partial charge in [-0.2, -0.15) is 0 Å². The monoisotopic (exact) mass is 191 g/mol. The molecule has 0 saturated heterocycles. The molecule has 0 rings (SSSR count). The van der Waals surface area contributed by atoms with Crippen LogP contribution in [0.2, 0.25) is 0 Å². The Morgan fingerprint density at radius 1 is 1.62 bits per heavy atom. The average Bonchev–Trinajstić information content (AvgIpc) is 2.05. The molecule has 1 unspecified atom stereocenters. The molecule has 0 bridgehead atoms. The lowest BCUT2D eigenvalue weighted by Gasteiger charge is -2.14. The summed E-state index contributed by atoms with van der Waals surface area (Å²) >= 11 is 0. The fourth-order valence-electron chi connectivity index (χ4n) is 0.821. The molecule has 3 N–H and O–H groups in total. The number of methoxy groups -OCH3 is 1. The van der Waals surface area contributed by atoms with Crippen LogP contribution >= 0.6 is 0 Å². The van der Waals surface area contributed by atoms with Gasteiger partial charge < -0.3 is 20.3 Å². The summed E-state index contributed by atoms with van der Waals surface area (Å²) in [5, 5.41) is 9.14. The van der Waals surface area contributed by atoms with Gasteiger partial charge in [0.2, 0.25) is 0 Å². The minimum Gasteiger partial charge on any atom is -0.458 e. The Morgan fingerprint density at radius 3 is 2.69 bits per heavy atom. The van der Waals surface area contributed by atoms with Crippen LogP contribution < -0.4 is 5.73 Å². The molecule has 5 nitrogen and oxygen atoms in total. The second kappa shape index (κ2) is 6.82. The van der Waals surface area contributed by atoms with Crippen LogP contribution in [0.4, 0.5) is 0 Å². The SMILES string of the molecule is COCC(C)OC(=O)[C@@H](O)CCN. The number of hydrogen-bond donors (Lipinski definition) is 2. The number of esters is 1. The van der Waals surface area contributed by atoms with Crippen LogP contribution in [0.25, 0.3) is 0 Å². The Balaban J connectivity index is 3.71. The Bertz CT molecular complexity index is 151. The molecule has 0 aliphatic rings. The largest absolute Gasteiger partial charge is 0.458 e. The number of carbonyl (C=O) groups is 1. The third kappa shape index (κ3) is 5.57. The minimum atomic E-state index is -1.12. The molecule has 0 aromatic rings. The van der Waals surface area contributed by atoms with Crippen molar-refractivity contribution < 1.29 is 19.4 Å². The van der Waals surface area contributed by atoms with Gasteiger partial charge in [0.15, 0.2) is 6.10 Å². The van der Waals surface area contributed by atoms with Crippen LogP contribution in [0.3, 0.4) is 0 Å². The first-order chi connectivity index (χ1) is 6.11. The van der Waals surface area contributed by atoms with Crippen molar-refractivity contribution in [1.82, 2.24) is 0 Å². The van der Waals surface area contributed by atoms with E-state index in [2.05, 4.69) is 0 Å². The lowest BCUT2D eigenvalue weighted by atomic mass is 10.2. The van der Waals surface area contributed by atoms with Gasteiger partial charge >= 0.3 is 5.97 Å². The lowest BCUT2D eigenvalue weighted by molar-refractivity contribution is -0.160. The fraction of sp³-hybridized carbons (Fsp3) is 0.875. The highest BCUT2D eigenvalue weighted by Gasteiger charge is 2.17. The van der Waals surface area contributed by atoms with Gasteiger partial charge in [0.1, 0.15) is 6.10 Å². The molecule has 78 valence electrons. The van der Waals surface area contributed by atoms with E-state index in [4.69, 9.17) is 20.3 Å². The minimum absolute atomic E-state index is 0.221. The van der Waals surface area contributed by atoms with E-state index in [1.807, 2.05) is 0 Å². The van der Waals surface area contributed by atoms with Crippen molar-refractivity contribution in [3.8, 4) is 0 Å². The maximum absolute atomic E-state index is 11.0. The number of rotatable bonds is 6. The maximum Gasteiger partial charge on any atom is 0.335 e. The van der Waals surface area contributed by atoms with Gasteiger partial charge in [-0.05, 0) is 19.9 Å². The van der Waals surface area contributed by atoms with Gasteiger partial charge in [0, 0.05) is 7.11 Å². The summed E-state index contributed by atoms with van der Waals surface area (Å²) in [5.74, 6) is -0.644. The summed E-state index contributed by atoms with van der Waals surface area (Å²) in [6.07, 6.45) is -1.24. The molecule has 0 amide bonds. The molecule has 0 spiro atoms. The van der Waals surface area contributed by atoms with Gasteiger partial charge in [-0.15, -0.1) is 0 Å². The number of aliphatic hydroxyl groups excluding tert-OH is 1. The van der Waals surface area contributed by atoms with E-state index in [9.17, 15) is 4.79 Å². The van der Waals surface area contributed by atoms with Crippen molar-refractivity contribution in [2.45, 2.75) is 25.6 Å². The molecule has 13 heavy (non-hydrogen) atoms. The van der Waals surface area contributed by atoms with Gasteiger partial charge in [-0.1, -0.05) is 0 Å². The van der Waals surface area contributed by atoms with Crippen molar-refractivity contribution in [2.24, 2.45) is 5.73 Å². The first kappa shape index (κ1) is 12.3. The smallest absolute Gasteiger partial charge is 0.335 e. The van der Waals surface area contributed by atoms with Crippen molar-refractivity contribution in [3.63, 3.8) is 0 Å². The zero-order chi connectivity index (χ0) is 10.3. The van der Waals surface area contributed by atoms with Gasteiger partial charge in [0.05, 0.1) is 6.61 Å². The van der Waals surface area contributed by atoms with Crippen LogP contribution in [0.15, 0.2) is 0 Å². The van der Waals surface area contributed by atoms with Crippen LogP contribution in [-0.4, -0.2) is 43.5 Å². The first-order valence-corrected chi connectivity index (χ1v) is 4.19.